The van der Waals surface area contributed by atoms with Gasteiger partial charge >= 0.3 is 12.0 Å². The van der Waals surface area contributed by atoms with Crippen molar-refractivity contribution in [1.29, 1.82) is 0 Å². The topological polar surface area (TPSA) is 109 Å². The van der Waals surface area contributed by atoms with Crippen molar-refractivity contribution in [1.82, 2.24) is 25.4 Å². The lowest BCUT2D eigenvalue weighted by atomic mass is 9.84. The van der Waals surface area contributed by atoms with Gasteiger partial charge in [0, 0.05) is 26.1 Å². The molecule has 1 aliphatic rings. The van der Waals surface area contributed by atoms with E-state index in [9.17, 15) is 9.59 Å². The minimum absolute atomic E-state index is 0.288. The van der Waals surface area contributed by atoms with E-state index in [1.165, 1.54) is 0 Å². The van der Waals surface area contributed by atoms with E-state index in [0.29, 0.717) is 31.6 Å². The number of aryl methyl sites for hydroxylation is 1. The van der Waals surface area contributed by atoms with E-state index in [2.05, 4.69) is 20.7 Å². The number of hydrogen-bond acceptors (Lipinski definition) is 4. The highest BCUT2D eigenvalue weighted by molar-refractivity contribution is 5.76. The monoisotopic (exact) mass is 295 g/mol. The van der Waals surface area contributed by atoms with Gasteiger partial charge in [0.25, 0.3) is 0 Å². The standard InChI is InChI=1S/C13H21N5O3/c1-18-8-15-11(17-18)6-7-14-13(21)16-10-5-3-2-4-9(10)12(19)20/h8-10H,2-7H2,1H3,(H,19,20)(H2,14,16,21). The summed E-state index contributed by atoms with van der Waals surface area (Å²) >= 11 is 0. The largest absolute Gasteiger partial charge is 0.481 e. The first kappa shape index (κ1) is 15.3. The highest BCUT2D eigenvalue weighted by Gasteiger charge is 2.31. The second-order valence-electron chi connectivity index (χ2n) is 5.32. The quantitative estimate of drug-likeness (QED) is 0.724. The zero-order valence-corrected chi connectivity index (χ0v) is 12.1. The van der Waals surface area contributed by atoms with Crippen LogP contribution in [-0.2, 0) is 18.3 Å². The fourth-order valence-electron chi connectivity index (χ4n) is 2.60. The van der Waals surface area contributed by atoms with Crippen molar-refractivity contribution in [3.63, 3.8) is 0 Å². The molecule has 21 heavy (non-hydrogen) atoms. The van der Waals surface area contributed by atoms with Crippen LogP contribution in [0.15, 0.2) is 6.33 Å². The zero-order valence-electron chi connectivity index (χ0n) is 12.1. The molecule has 2 amide bonds. The molecule has 8 nitrogen and oxygen atoms in total. The van der Waals surface area contributed by atoms with Crippen molar-refractivity contribution in [2.75, 3.05) is 6.54 Å². The lowest BCUT2D eigenvalue weighted by Gasteiger charge is -2.29. The van der Waals surface area contributed by atoms with Crippen molar-refractivity contribution >= 4 is 12.0 Å². The number of rotatable bonds is 5. The van der Waals surface area contributed by atoms with Gasteiger partial charge in [0.15, 0.2) is 5.82 Å². The first-order valence-corrected chi connectivity index (χ1v) is 7.18. The fourth-order valence-corrected chi connectivity index (χ4v) is 2.60. The van der Waals surface area contributed by atoms with Crippen LogP contribution in [0.3, 0.4) is 0 Å². The molecule has 0 spiro atoms. The molecule has 1 aromatic heterocycles. The Morgan fingerprint density at radius 3 is 2.86 bits per heavy atom. The first-order valence-electron chi connectivity index (χ1n) is 7.18. The number of hydrogen-bond donors (Lipinski definition) is 3. The third kappa shape index (κ3) is 4.44. The number of carbonyl (C=O) groups is 2. The minimum atomic E-state index is -0.835. The summed E-state index contributed by atoms with van der Waals surface area (Å²) in [5.74, 6) is -0.654. The maximum atomic E-state index is 11.8. The third-order valence-electron chi connectivity index (χ3n) is 3.68. The number of urea groups is 1. The van der Waals surface area contributed by atoms with Gasteiger partial charge in [0.1, 0.15) is 6.33 Å². The molecular formula is C13H21N5O3. The summed E-state index contributed by atoms with van der Waals surface area (Å²) in [4.78, 5) is 27.0. The smallest absolute Gasteiger partial charge is 0.315 e. The molecule has 1 saturated carbocycles. The summed E-state index contributed by atoms with van der Waals surface area (Å²) in [6.45, 7) is 0.417. The Kier molecular flexibility index (Phi) is 5.13. The molecule has 1 fully saturated rings. The summed E-state index contributed by atoms with van der Waals surface area (Å²) in [5.41, 5.74) is 0. The molecule has 0 radical (unpaired) electrons. The number of nitrogens with zero attached hydrogens (tertiary/aromatic N) is 3. The highest BCUT2D eigenvalue weighted by Crippen LogP contribution is 2.24. The second kappa shape index (κ2) is 7.05. The van der Waals surface area contributed by atoms with Crippen LogP contribution in [0.2, 0.25) is 0 Å². The fraction of sp³-hybridized carbons (Fsp3) is 0.692. The Bertz CT molecular complexity index is 502. The summed E-state index contributed by atoms with van der Waals surface area (Å²) in [7, 11) is 1.78. The second-order valence-corrected chi connectivity index (χ2v) is 5.32. The van der Waals surface area contributed by atoms with Gasteiger partial charge in [-0.15, -0.1) is 0 Å². The SMILES string of the molecule is Cn1cnc(CCNC(=O)NC2CCCCC2C(=O)O)n1. The van der Waals surface area contributed by atoms with Gasteiger partial charge in [-0.25, -0.2) is 9.78 Å². The van der Waals surface area contributed by atoms with Gasteiger partial charge in [-0.3, -0.25) is 9.48 Å². The van der Waals surface area contributed by atoms with Crippen LogP contribution in [0.1, 0.15) is 31.5 Å². The van der Waals surface area contributed by atoms with Crippen molar-refractivity contribution in [2.24, 2.45) is 13.0 Å². The molecular weight excluding hydrogens is 274 g/mol. The zero-order chi connectivity index (χ0) is 15.2. The molecule has 3 N–H and O–H groups in total. The molecule has 116 valence electrons. The van der Waals surface area contributed by atoms with Gasteiger partial charge < -0.3 is 15.7 Å². The normalized spacial score (nSPS) is 21.8. The number of aliphatic carboxylic acids is 1. The Labute approximate surface area is 122 Å². The van der Waals surface area contributed by atoms with E-state index >= 15 is 0 Å². The Hall–Kier alpha value is -2.12. The van der Waals surface area contributed by atoms with Crippen molar-refractivity contribution in [3.8, 4) is 0 Å². The third-order valence-corrected chi connectivity index (χ3v) is 3.68. The van der Waals surface area contributed by atoms with Crippen LogP contribution in [0.5, 0.6) is 0 Å². The van der Waals surface area contributed by atoms with Gasteiger partial charge in [-0.2, -0.15) is 5.10 Å². The Morgan fingerprint density at radius 2 is 2.19 bits per heavy atom. The van der Waals surface area contributed by atoms with E-state index in [4.69, 9.17) is 5.11 Å². The molecule has 2 rings (SSSR count). The first-order chi connectivity index (χ1) is 10.1. The molecule has 0 aliphatic heterocycles. The number of carbonyl (C=O) groups excluding carboxylic acids is 1. The summed E-state index contributed by atoms with van der Waals surface area (Å²) in [6, 6.07) is -0.617. The summed E-state index contributed by atoms with van der Waals surface area (Å²) in [6.07, 6.45) is 5.34. The molecule has 1 heterocycles. The van der Waals surface area contributed by atoms with E-state index in [1.807, 2.05) is 0 Å². The molecule has 0 bridgehead atoms. The van der Waals surface area contributed by atoms with Crippen LogP contribution in [0, 0.1) is 5.92 Å². The lowest BCUT2D eigenvalue weighted by molar-refractivity contribution is -0.143. The molecule has 1 aromatic rings. The average molecular weight is 295 g/mol. The van der Waals surface area contributed by atoms with Crippen LogP contribution in [0.25, 0.3) is 0 Å². The van der Waals surface area contributed by atoms with Crippen molar-refractivity contribution in [3.05, 3.63) is 12.2 Å². The maximum Gasteiger partial charge on any atom is 0.315 e. The minimum Gasteiger partial charge on any atom is -0.481 e. The molecule has 0 saturated heterocycles. The van der Waals surface area contributed by atoms with Crippen LogP contribution >= 0.6 is 0 Å². The lowest BCUT2D eigenvalue weighted by Crippen LogP contribution is -2.49. The number of nitrogens with one attached hydrogen (secondary N) is 2. The summed E-state index contributed by atoms with van der Waals surface area (Å²) in [5, 5.41) is 18.8. The molecule has 2 atom stereocenters. The van der Waals surface area contributed by atoms with E-state index in [1.54, 1.807) is 18.1 Å². The number of amides is 2. The predicted molar refractivity (Wildman–Crippen MR) is 74.6 cm³/mol. The van der Waals surface area contributed by atoms with Gasteiger partial charge in [-0.05, 0) is 12.8 Å². The Morgan fingerprint density at radius 1 is 1.43 bits per heavy atom. The number of aromatic nitrogens is 3. The average Bonchev–Trinajstić information content (AvgIpc) is 2.85. The van der Waals surface area contributed by atoms with Crippen molar-refractivity contribution < 1.29 is 14.7 Å². The molecule has 2 unspecified atom stereocenters. The molecule has 0 aromatic carbocycles. The van der Waals surface area contributed by atoms with E-state index < -0.39 is 11.9 Å². The maximum absolute atomic E-state index is 11.8. The van der Waals surface area contributed by atoms with Gasteiger partial charge in [-0.1, -0.05) is 12.8 Å². The highest BCUT2D eigenvalue weighted by atomic mass is 16.4. The molecule has 1 aliphatic carbocycles. The van der Waals surface area contributed by atoms with Crippen LogP contribution in [0.4, 0.5) is 4.79 Å². The van der Waals surface area contributed by atoms with Gasteiger partial charge in [0.2, 0.25) is 0 Å². The van der Waals surface area contributed by atoms with E-state index in [0.717, 1.165) is 12.8 Å². The predicted octanol–water partition coefficient (Wildman–Crippen LogP) is 0.300. The van der Waals surface area contributed by atoms with Crippen molar-refractivity contribution in [2.45, 2.75) is 38.1 Å². The van der Waals surface area contributed by atoms with Gasteiger partial charge in [0.05, 0.1) is 5.92 Å². The Balaban J connectivity index is 1.74. The van der Waals surface area contributed by atoms with E-state index in [-0.39, 0.29) is 12.1 Å². The number of carboxylic acids is 1. The van der Waals surface area contributed by atoms with Crippen LogP contribution in [-0.4, -0.2) is 44.5 Å². The van der Waals surface area contributed by atoms with Crippen LogP contribution < -0.4 is 10.6 Å². The number of carboxylic acid groups (broad SMARTS) is 1. The molecule has 8 heteroatoms. The summed E-state index contributed by atoms with van der Waals surface area (Å²) < 4.78 is 1.61.